The van der Waals surface area contributed by atoms with Crippen LogP contribution < -0.4 is 4.74 Å². The van der Waals surface area contributed by atoms with E-state index in [1.807, 2.05) is 25.1 Å². The van der Waals surface area contributed by atoms with Crippen molar-refractivity contribution in [2.75, 3.05) is 45.9 Å². The summed E-state index contributed by atoms with van der Waals surface area (Å²) in [6.07, 6.45) is -3.77. The van der Waals surface area contributed by atoms with Gasteiger partial charge in [-0.2, -0.15) is 13.2 Å². The Morgan fingerprint density at radius 2 is 2.07 bits per heavy atom. The largest absolute Gasteiger partial charge is 0.493 e. The Kier molecular flexibility index (Phi) is 8.57. The third-order valence-corrected chi connectivity index (χ3v) is 5.54. The van der Waals surface area contributed by atoms with Gasteiger partial charge in [-0.1, -0.05) is 22.0 Å². The van der Waals surface area contributed by atoms with E-state index in [1.165, 1.54) is 0 Å². The summed E-state index contributed by atoms with van der Waals surface area (Å²) in [5, 5.41) is 0. The highest BCUT2D eigenvalue weighted by Gasteiger charge is 2.46. The van der Waals surface area contributed by atoms with Crippen molar-refractivity contribution in [3.8, 4) is 5.75 Å². The van der Waals surface area contributed by atoms with Crippen LogP contribution in [0.4, 0.5) is 13.2 Å². The highest BCUT2D eigenvalue weighted by molar-refractivity contribution is 9.10. The predicted molar refractivity (Wildman–Crippen MR) is 103 cm³/mol. The Labute approximate surface area is 171 Å². The molecule has 1 saturated heterocycles. The van der Waals surface area contributed by atoms with Gasteiger partial charge in [-0.15, -0.1) is 0 Å². The molecule has 0 aliphatic carbocycles. The van der Waals surface area contributed by atoms with Crippen molar-refractivity contribution in [1.29, 1.82) is 0 Å². The lowest BCUT2D eigenvalue weighted by Crippen LogP contribution is -2.60. The molecule has 5 nitrogen and oxygen atoms in total. The van der Waals surface area contributed by atoms with Crippen LogP contribution in [0.25, 0.3) is 0 Å². The van der Waals surface area contributed by atoms with Gasteiger partial charge in [-0.3, -0.25) is 9.69 Å². The molecule has 0 spiro atoms. The van der Waals surface area contributed by atoms with Crippen LogP contribution in [0.5, 0.6) is 5.75 Å². The zero-order chi connectivity index (χ0) is 20.7. The highest BCUT2D eigenvalue weighted by atomic mass is 79.9. The lowest BCUT2D eigenvalue weighted by molar-refractivity contribution is -0.199. The number of hydrogen-bond donors (Lipinski definition) is 0. The fourth-order valence-corrected chi connectivity index (χ4v) is 3.51. The normalized spacial score (nSPS) is 18.9. The van der Waals surface area contributed by atoms with Gasteiger partial charge >= 0.3 is 12.1 Å². The van der Waals surface area contributed by atoms with E-state index in [1.54, 1.807) is 11.8 Å². The van der Waals surface area contributed by atoms with Gasteiger partial charge in [0.15, 0.2) is 0 Å². The molecule has 1 heterocycles. The molecule has 0 saturated carbocycles. The molecule has 1 aliphatic heterocycles. The molecule has 9 heteroatoms. The molecule has 2 rings (SSSR count). The lowest BCUT2D eigenvalue weighted by Gasteiger charge is -2.41. The molecule has 1 aromatic carbocycles. The van der Waals surface area contributed by atoms with E-state index in [0.717, 1.165) is 20.7 Å². The lowest BCUT2D eigenvalue weighted by atomic mass is 10.1. The SMILES string of the molecule is CCOC(=O)CN1CCN(CCCOc2cccc(Br)c2C)C[C@H]1C(F)(F)F. The smallest absolute Gasteiger partial charge is 0.405 e. The fourth-order valence-electron chi connectivity index (χ4n) is 3.17. The molecular formula is C19H26BrF3N2O3. The highest BCUT2D eigenvalue weighted by Crippen LogP contribution is 2.28. The van der Waals surface area contributed by atoms with Gasteiger partial charge in [0, 0.05) is 36.2 Å². The van der Waals surface area contributed by atoms with Crippen molar-refractivity contribution in [3.05, 3.63) is 28.2 Å². The summed E-state index contributed by atoms with van der Waals surface area (Å²) in [5.74, 6) is 0.143. The monoisotopic (exact) mass is 466 g/mol. The summed E-state index contributed by atoms with van der Waals surface area (Å²) in [6, 6.07) is 4.01. The minimum atomic E-state index is -4.39. The molecule has 0 N–H and O–H groups in total. The zero-order valence-electron chi connectivity index (χ0n) is 16.1. The van der Waals surface area contributed by atoms with Crippen LogP contribution in [0.3, 0.4) is 0 Å². The second-order valence-electron chi connectivity index (χ2n) is 6.70. The minimum Gasteiger partial charge on any atom is -0.493 e. The first kappa shape index (κ1) is 23.0. The third-order valence-electron chi connectivity index (χ3n) is 4.68. The van der Waals surface area contributed by atoms with Crippen LogP contribution >= 0.6 is 15.9 Å². The maximum atomic E-state index is 13.4. The average molecular weight is 467 g/mol. The Balaban J connectivity index is 1.83. The summed E-state index contributed by atoms with van der Waals surface area (Å²) in [6.45, 7) is 4.83. The number of alkyl halides is 3. The van der Waals surface area contributed by atoms with Crippen molar-refractivity contribution in [1.82, 2.24) is 9.80 Å². The van der Waals surface area contributed by atoms with E-state index >= 15 is 0 Å². The van der Waals surface area contributed by atoms with Crippen molar-refractivity contribution in [2.45, 2.75) is 32.5 Å². The quantitative estimate of drug-likeness (QED) is 0.432. The van der Waals surface area contributed by atoms with Crippen LogP contribution in [0.15, 0.2) is 22.7 Å². The maximum absolute atomic E-state index is 13.4. The Bertz CT molecular complexity index is 658. The third kappa shape index (κ3) is 6.63. The van der Waals surface area contributed by atoms with Crippen molar-refractivity contribution >= 4 is 21.9 Å². The number of esters is 1. The summed E-state index contributed by atoms with van der Waals surface area (Å²) >= 11 is 3.44. The second-order valence-corrected chi connectivity index (χ2v) is 7.55. The van der Waals surface area contributed by atoms with Crippen LogP contribution in [-0.4, -0.2) is 73.9 Å². The van der Waals surface area contributed by atoms with Gasteiger partial charge in [-0.05, 0) is 32.4 Å². The van der Waals surface area contributed by atoms with Gasteiger partial charge in [0.25, 0.3) is 0 Å². The first-order chi connectivity index (χ1) is 13.2. The standard InChI is InChI=1S/C19H26BrF3N2O3/c1-3-27-18(26)13-25-10-9-24(12-17(25)19(21,22)23)8-5-11-28-16-7-4-6-15(20)14(16)2/h4,6-7,17H,3,5,8-13H2,1-2H3/t17-/m0/s1. The maximum Gasteiger partial charge on any atom is 0.405 e. The van der Waals surface area contributed by atoms with Crippen molar-refractivity contribution in [2.24, 2.45) is 0 Å². The topological polar surface area (TPSA) is 42.0 Å². The van der Waals surface area contributed by atoms with Crippen molar-refractivity contribution < 1.29 is 27.4 Å². The predicted octanol–water partition coefficient (Wildman–Crippen LogP) is 3.64. The van der Waals surface area contributed by atoms with E-state index in [4.69, 9.17) is 9.47 Å². The summed E-state index contributed by atoms with van der Waals surface area (Å²) in [5.41, 5.74) is 0.993. The van der Waals surface area contributed by atoms with Gasteiger partial charge in [-0.25, -0.2) is 0 Å². The second kappa shape index (κ2) is 10.5. The molecule has 1 atom stereocenters. The number of piperazine rings is 1. The molecule has 0 unspecified atom stereocenters. The number of ether oxygens (including phenoxy) is 2. The summed E-state index contributed by atoms with van der Waals surface area (Å²) in [7, 11) is 0. The summed E-state index contributed by atoms with van der Waals surface area (Å²) in [4.78, 5) is 14.5. The number of rotatable bonds is 8. The average Bonchev–Trinajstić information content (AvgIpc) is 2.62. The first-order valence-corrected chi connectivity index (χ1v) is 10.1. The molecule has 0 radical (unpaired) electrons. The van der Waals surface area contributed by atoms with E-state index < -0.39 is 18.2 Å². The first-order valence-electron chi connectivity index (χ1n) is 9.29. The van der Waals surface area contributed by atoms with Crippen LogP contribution in [-0.2, 0) is 9.53 Å². The molecular weight excluding hydrogens is 441 g/mol. The minimum absolute atomic E-state index is 0.154. The van der Waals surface area contributed by atoms with Crippen LogP contribution in [0.2, 0.25) is 0 Å². The molecule has 1 fully saturated rings. The number of carbonyl (C=O) groups is 1. The molecule has 158 valence electrons. The van der Waals surface area contributed by atoms with Gasteiger partial charge in [0.05, 0.1) is 19.8 Å². The Morgan fingerprint density at radius 3 is 2.75 bits per heavy atom. The van der Waals surface area contributed by atoms with Gasteiger partial charge in [0.1, 0.15) is 11.8 Å². The van der Waals surface area contributed by atoms with Gasteiger partial charge in [0.2, 0.25) is 0 Å². The van der Waals surface area contributed by atoms with E-state index in [2.05, 4.69) is 15.9 Å². The number of benzene rings is 1. The molecule has 0 bridgehead atoms. The molecule has 0 amide bonds. The van der Waals surface area contributed by atoms with Gasteiger partial charge < -0.3 is 14.4 Å². The van der Waals surface area contributed by atoms with E-state index in [9.17, 15) is 18.0 Å². The Morgan fingerprint density at radius 1 is 1.32 bits per heavy atom. The zero-order valence-corrected chi connectivity index (χ0v) is 17.7. The number of halogens is 4. The van der Waals surface area contributed by atoms with Crippen molar-refractivity contribution in [3.63, 3.8) is 0 Å². The molecule has 28 heavy (non-hydrogen) atoms. The van der Waals surface area contributed by atoms with Crippen LogP contribution in [0.1, 0.15) is 18.9 Å². The van der Waals surface area contributed by atoms with Crippen LogP contribution in [0, 0.1) is 6.92 Å². The Hall–Kier alpha value is -1.32. The van der Waals surface area contributed by atoms with E-state index in [0.29, 0.717) is 26.1 Å². The number of hydrogen-bond acceptors (Lipinski definition) is 5. The molecule has 1 aromatic rings. The van der Waals surface area contributed by atoms with E-state index in [-0.39, 0.29) is 26.2 Å². The summed E-state index contributed by atoms with van der Waals surface area (Å²) < 4.78 is 51.8. The number of nitrogens with zero attached hydrogens (tertiary/aromatic N) is 2. The molecule has 1 aliphatic rings. The number of carbonyl (C=O) groups excluding carboxylic acids is 1. The fraction of sp³-hybridized carbons (Fsp3) is 0.632. The molecule has 0 aromatic heterocycles.